The van der Waals surface area contributed by atoms with E-state index in [4.69, 9.17) is 4.74 Å². The number of carbonyl (C=O) groups is 2. The van der Waals surface area contributed by atoms with Gasteiger partial charge in [0.1, 0.15) is 12.3 Å². The zero-order valence-electron chi connectivity index (χ0n) is 15.9. The second kappa shape index (κ2) is 8.68. The number of aromatic amines is 1. The van der Waals surface area contributed by atoms with Gasteiger partial charge in [-0.25, -0.2) is 13.8 Å². The number of para-hydroxylation sites is 2. The Morgan fingerprint density at radius 1 is 1.24 bits per heavy atom. The number of carbonyl (C=O) groups excluding carboxylic acids is 2. The number of hydrogen-bond acceptors (Lipinski definition) is 4. The molecule has 9 heteroatoms. The van der Waals surface area contributed by atoms with Crippen LogP contribution < -0.4 is 10.1 Å². The first-order chi connectivity index (χ1) is 13.9. The van der Waals surface area contributed by atoms with Crippen LogP contribution in [-0.4, -0.2) is 46.9 Å². The van der Waals surface area contributed by atoms with Gasteiger partial charge in [0, 0.05) is 12.1 Å². The summed E-state index contributed by atoms with van der Waals surface area (Å²) in [6.45, 7) is 1.87. The third-order valence-electron chi connectivity index (χ3n) is 4.34. The van der Waals surface area contributed by atoms with Crippen molar-refractivity contribution in [2.24, 2.45) is 0 Å². The number of methoxy groups -OCH3 is 1. The average molecular weight is 402 g/mol. The molecule has 0 fully saturated rings. The lowest BCUT2D eigenvalue weighted by Gasteiger charge is -2.21. The van der Waals surface area contributed by atoms with Crippen molar-refractivity contribution in [2.45, 2.75) is 13.3 Å². The van der Waals surface area contributed by atoms with Crippen LogP contribution in [0.3, 0.4) is 0 Å². The van der Waals surface area contributed by atoms with E-state index in [1.54, 1.807) is 31.2 Å². The third kappa shape index (κ3) is 4.50. The lowest BCUT2D eigenvalue weighted by atomic mass is 10.1. The minimum absolute atomic E-state index is 0.170. The summed E-state index contributed by atoms with van der Waals surface area (Å²) in [5.74, 6) is -0.715. The Labute approximate surface area is 165 Å². The number of aromatic nitrogens is 2. The summed E-state index contributed by atoms with van der Waals surface area (Å²) in [5, 5.41) is 2.72. The van der Waals surface area contributed by atoms with Crippen molar-refractivity contribution in [3.63, 3.8) is 0 Å². The molecule has 0 spiro atoms. The molecule has 2 amide bonds. The van der Waals surface area contributed by atoms with Crippen LogP contribution in [0.1, 0.15) is 29.5 Å². The molecule has 7 nitrogen and oxygen atoms in total. The summed E-state index contributed by atoms with van der Waals surface area (Å²) in [6, 6.07) is 11.4. The number of likely N-dealkylation sites (N-methyl/N-ethyl adjacent to an activating group) is 1. The van der Waals surface area contributed by atoms with Crippen LogP contribution in [0.2, 0.25) is 0 Å². The smallest absolute Gasteiger partial charge is 0.295 e. The highest BCUT2D eigenvalue weighted by atomic mass is 19.3. The molecule has 0 bridgehead atoms. The topological polar surface area (TPSA) is 87.3 Å². The molecule has 29 heavy (non-hydrogen) atoms. The number of alkyl halides is 2. The van der Waals surface area contributed by atoms with Gasteiger partial charge in [-0.15, -0.1) is 0 Å². The van der Waals surface area contributed by atoms with Crippen molar-refractivity contribution in [2.75, 3.05) is 25.5 Å². The minimum Gasteiger partial charge on any atom is -0.495 e. The van der Waals surface area contributed by atoms with Gasteiger partial charge in [0.05, 0.1) is 23.8 Å². The maximum absolute atomic E-state index is 12.8. The second-order valence-corrected chi connectivity index (χ2v) is 6.22. The number of H-pyrrole nitrogens is 1. The number of amides is 2. The molecule has 0 aliphatic heterocycles. The molecule has 1 heterocycles. The molecule has 3 aromatic rings. The minimum atomic E-state index is -2.73. The Balaban J connectivity index is 1.74. The van der Waals surface area contributed by atoms with Crippen molar-refractivity contribution in [1.82, 2.24) is 14.9 Å². The lowest BCUT2D eigenvalue weighted by molar-refractivity contribution is -0.116. The molecule has 1 aromatic heterocycles. The van der Waals surface area contributed by atoms with E-state index in [2.05, 4.69) is 15.3 Å². The first kappa shape index (κ1) is 20.2. The van der Waals surface area contributed by atoms with Crippen LogP contribution in [0.15, 0.2) is 42.5 Å². The number of nitrogens with one attached hydrogen (secondary N) is 2. The second-order valence-electron chi connectivity index (χ2n) is 6.22. The van der Waals surface area contributed by atoms with Gasteiger partial charge in [-0.1, -0.05) is 12.1 Å². The fourth-order valence-electron chi connectivity index (χ4n) is 2.89. The summed E-state index contributed by atoms with van der Waals surface area (Å²) in [4.78, 5) is 32.9. The molecule has 2 N–H and O–H groups in total. The predicted molar refractivity (Wildman–Crippen MR) is 104 cm³/mol. The van der Waals surface area contributed by atoms with Gasteiger partial charge in [-0.2, -0.15) is 0 Å². The van der Waals surface area contributed by atoms with Gasteiger partial charge >= 0.3 is 0 Å². The highest BCUT2D eigenvalue weighted by molar-refractivity contribution is 6.01. The summed E-state index contributed by atoms with van der Waals surface area (Å²) in [6.07, 6.45) is -2.73. The number of anilines is 1. The number of nitrogens with zero attached hydrogens (tertiary/aromatic N) is 2. The van der Waals surface area contributed by atoms with Crippen LogP contribution in [0.25, 0.3) is 11.0 Å². The SMILES string of the molecule is CCN(CC(=O)Nc1ccccc1OC)C(=O)c1ccc2nc(C(F)F)[nH]c2c1. The van der Waals surface area contributed by atoms with Crippen LogP contribution in [0.4, 0.5) is 14.5 Å². The Kier molecular flexibility index (Phi) is 6.06. The van der Waals surface area contributed by atoms with Crippen molar-refractivity contribution in [3.05, 3.63) is 53.9 Å². The number of hydrogen-bond donors (Lipinski definition) is 2. The van der Waals surface area contributed by atoms with Crippen molar-refractivity contribution in [1.29, 1.82) is 0 Å². The lowest BCUT2D eigenvalue weighted by Crippen LogP contribution is -2.37. The standard InChI is InChI=1S/C20H20F2N4O3/c1-3-26(11-17(27)23-14-6-4-5-7-16(14)29-2)20(28)12-8-9-13-15(10-12)25-19(24-13)18(21)22/h4-10,18H,3,11H2,1-2H3,(H,23,27)(H,24,25). The largest absolute Gasteiger partial charge is 0.495 e. The van der Waals surface area contributed by atoms with Gasteiger partial charge in [0.25, 0.3) is 12.3 Å². The van der Waals surface area contributed by atoms with Gasteiger partial charge in [0.15, 0.2) is 5.82 Å². The van der Waals surface area contributed by atoms with Crippen LogP contribution in [-0.2, 0) is 4.79 Å². The quantitative estimate of drug-likeness (QED) is 0.632. The number of fused-ring (bicyclic) bond motifs is 1. The van der Waals surface area contributed by atoms with E-state index in [1.165, 1.54) is 30.2 Å². The molecule has 0 saturated heterocycles. The normalized spacial score (nSPS) is 10.9. The number of rotatable bonds is 7. The molecule has 0 aliphatic carbocycles. The van der Waals surface area contributed by atoms with E-state index in [0.717, 1.165) is 0 Å². The number of halogens is 2. The summed E-state index contributed by atoms with van der Waals surface area (Å²) in [7, 11) is 1.50. The summed E-state index contributed by atoms with van der Waals surface area (Å²) < 4.78 is 30.8. The number of imidazole rings is 1. The van der Waals surface area contributed by atoms with Crippen LogP contribution >= 0.6 is 0 Å². The molecule has 2 aromatic carbocycles. The van der Waals surface area contributed by atoms with Crippen molar-refractivity contribution >= 4 is 28.5 Å². The van der Waals surface area contributed by atoms with Gasteiger partial charge in [-0.3, -0.25) is 9.59 Å². The van der Waals surface area contributed by atoms with Crippen molar-refractivity contribution in [3.8, 4) is 5.75 Å². The van der Waals surface area contributed by atoms with Crippen LogP contribution in [0.5, 0.6) is 5.75 Å². The van der Waals surface area contributed by atoms with Crippen molar-refractivity contribution < 1.29 is 23.1 Å². The molecular weight excluding hydrogens is 382 g/mol. The van der Waals surface area contributed by atoms with E-state index >= 15 is 0 Å². The summed E-state index contributed by atoms with van der Waals surface area (Å²) in [5.41, 5.74) is 1.45. The molecule has 0 radical (unpaired) electrons. The van der Waals surface area contributed by atoms with E-state index < -0.39 is 18.2 Å². The highest BCUT2D eigenvalue weighted by Gasteiger charge is 2.20. The summed E-state index contributed by atoms with van der Waals surface area (Å²) >= 11 is 0. The molecular formula is C20H20F2N4O3. The monoisotopic (exact) mass is 402 g/mol. The molecule has 0 unspecified atom stereocenters. The maximum Gasteiger partial charge on any atom is 0.295 e. The molecule has 3 rings (SSSR count). The first-order valence-corrected chi connectivity index (χ1v) is 8.93. The van der Waals surface area contributed by atoms with Crippen LogP contribution in [0, 0.1) is 0 Å². The highest BCUT2D eigenvalue weighted by Crippen LogP contribution is 2.23. The first-order valence-electron chi connectivity index (χ1n) is 8.93. The molecule has 0 saturated carbocycles. The molecule has 0 aliphatic rings. The Bertz CT molecular complexity index is 1040. The zero-order valence-corrected chi connectivity index (χ0v) is 15.9. The maximum atomic E-state index is 12.8. The van der Waals surface area contributed by atoms with Gasteiger partial charge in [0.2, 0.25) is 5.91 Å². The average Bonchev–Trinajstić information content (AvgIpc) is 3.15. The number of ether oxygens (including phenoxy) is 1. The van der Waals surface area contributed by atoms with E-state index in [9.17, 15) is 18.4 Å². The Hall–Kier alpha value is -3.49. The van der Waals surface area contributed by atoms with Gasteiger partial charge < -0.3 is 19.9 Å². The third-order valence-corrected chi connectivity index (χ3v) is 4.34. The Morgan fingerprint density at radius 2 is 2.00 bits per heavy atom. The van der Waals surface area contributed by atoms with E-state index in [-0.39, 0.29) is 18.0 Å². The number of benzene rings is 2. The molecule has 152 valence electrons. The fourth-order valence-corrected chi connectivity index (χ4v) is 2.89. The van der Waals surface area contributed by atoms with Gasteiger partial charge in [-0.05, 0) is 37.3 Å². The van der Waals surface area contributed by atoms with E-state index in [1.807, 2.05) is 0 Å². The zero-order chi connectivity index (χ0) is 21.0. The molecule has 0 atom stereocenters. The van der Waals surface area contributed by atoms with E-state index in [0.29, 0.717) is 29.0 Å². The fraction of sp³-hybridized carbons (Fsp3) is 0.250. The predicted octanol–water partition coefficient (Wildman–Crippen LogP) is 3.61. The Morgan fingerprint density at radius 3 is 2.69 bits per heavy atom.